The van der Waals surface area contributed by atoms with Crippen molar-refractivity contribution in [2.24, 2.45) is 0 Å². The predicted octanol–water partition coefficient (Wildman–Crippen LogP) is 0.543. The van der Waals surface area contributed by atoms with Crippen molar-refractivity contribution in [3.05, 3.63) is 24.3 Å². The summed E-state index contributed by atoms with van der Waals surface area (Å²) in [5.74, 6) is 0.401. The molecule has 1 fully saturated rings. The quantitative estimate of drug-likeness (QED) is 0.579. The standard InChI is InChI=1S/C13H16N2O3/c1-18-12-4-2-11(3-5-12)14-6-8-15(9-7-14)13(17)10-16/h2-5,10H,6-9H2,1H3. The van der Waals surface area contributed by atoms with Crippen LogP contribution < -0.4 is 9.64 Å². The molecular weight excluding hydrogens is 232 g/mol. The Bertz CT molecular complexity index is 422. The fourth-order valence-electron chi connectivity index (χ4n) is 2.05. The van der Waals surface area contributed by atoms with Gasteiger partial charge in [0.05, 0.1) is 7.11 Å². The van der Waals surface area contributed by atoms with Gasteiger partial charge in [-0.1, -0.05) is 0 Å². The zero-order chi connectivity index (χ0) is 13.0. The lowest BCUT2D eigenvalue weighted by molar-refractivity contribution is -0.139. The van der Waals surface area contributed by atoms with E-state index in [1.54, 1.807) is 12.0 Å². The molecule has 1 aromatic rings. The Morgan fingerprint density at radius 1 is 1.17 bits per heavy atom. The third-order valence-electron chi connectivity index (χ3n) is 3.13. The number of carbonyl (C=O) groups excluding carboxylic acids is 2. The van der Waals surface area contributed by atoms with Crippen molar-refractivity contribution in [1.82, 2.24) is 4.90 Å². The highest BCUT2D eigenvalue weighted by Gasteiger charge is 2.20. The van der Waals surface area contributed by atoms with Crippen LogP contribution in [-0.2, 0) is 9.59 Å². The highest BCUT2D eigenvalue weighted by molar-refractivity contribution is 6.23. The number of aldehydes is 1. The number of amides is 1. The molecule has 96 valence electrons. The minimum Gasteiger partial charge on any atom is -0.497 e. The predicted molar refractivity (Wildman–Crippen MR) is 67.9 cm³/mol. The average Bonchev–Trinajstić information content (AvgIpc) is 2.47. The van der Waals surface area contributed by atoms with Gasteiger partial charge in [0.1, 0.15) is 5.75 Å². The lowest BCUT2D eigenvalue weighted by Gasteiger charge is -2.35. The summed E-state index contributed by atoms with van der Waals surface area (Å²) in [6.45, 7) is 2.66. The van der Waals surface area contributed by atoms with Gasteiger partial charge in [0.2, 0.25) is 6.29 Å². The van der Waals surface area contributed by atoms with Crippen LogP contribution in [0.25, 0.3) is 0 Å². The first-order valence-corrected chi connectivity index (χ1v) is 5.87. The molecule has 1 aliphatic rings. The van der Waals surface area contributed by atoms with E-state index in [0.29, 0.717) is 19.4 Å². The van der Waals surface area contributed by atoms with Crippen molar-refractivity contribution >= 4 is 17.9 Å². The van der Waals surface area contributed by atoms with E-state index in [1.165, 1.54) is 0 Å². The Morgan fingerprint density at radius 2 is 1.78 bits per heavy atom. The fourth-order valence-corrected chi connectivity index (χ4v) is 2.05. The Kier molecular flexibility index (Phi) is 3.82. The number of hydrogen-bond acceptors (Lipinski definition) is 4. The number of benzene rings is 1. The van der Waals surface area contributed by atoms with E-state index in [4.69, 9.17) is 4.74 Å². The highest BCUT2D eigenvalue weighted by Crippen LogP contribution is 2.20. The Balaban J connectivity index is 1.96. The number of hydrogen-bond donors (Lipinski definition) is 0. The van der Waals surface area contributed by atoms with Gasteiger partial charge in [0.25, 0.3) is 5.91 Å². The summed E-state index contributed by atoms with van der Waals surface area (Å²) < 4.78 is 5.11. The molecule has 0 atom stereocenters. The molecule has 0 unspecified atom stereocenters. The van der Waals surface area contributed by atoms with Crippen molar-refractivity contribution in [3.8, 4) is 5.75 Å². The Labute approximate surface area is 106 Å². The van der Waals surface area contributed by atoms with E-state index in [1.807, 2.05) is 24.3 Å². The first-order chi connectivity index (χ1) is 8.74. The summed E-state index contributed by atoms with van der Waals surface area (Å²) in [5.41, 5.74) is 1.11. The SMILES string of the molecule is COc1ccc(N2CCN(C(=O)C=O)CC2)cc1. The molecule has 1 amide bonds. The normalized spacial score (nSPS) is 15.4. The molecule has 0 saturated carbocycles. The number of rotatable bonds is 3. The topological polar surface area (TPSA) is 49.9 Å². The van der Waals surface area contributed by atoms with Crippen molar-refractivity contribution < 1.29 is 14.3 Å². The molecule has 0 aliphatic carbocycles. The lowest BCUT2D eigenvalue weighted by Crippen LogP contribution is -2.49. The third kappa shape index (κ3) is 2.61. The van der Waals surface area contributed by atoms with E-state index in [9.17, 15) is 9.59 Å². The molecule has 0 N–H and O–H groups in total. The van der Waals surface area contributed by atoms with Crippen LogP contribution in [0, 0.1) is 0 Å². The van der Waals surface area contributed by atoms with Gasteiger partial charge in [-0.25, -0.2) is 0 Å². The molecule has 5 nitrogen and oxygen atoms in total. The third-order valence-corrected chi connectivity index (χ3v) is 3.13. The first-order valence-electron chi connectivity index (χ1n) is 5.87. The molecule has 0 spiro atoms. The molecule has 2 rings (SSSR count). The van der Waals surface area contributed by atoms with Gasteiger partial charge in [-0.2, -0.15) is 0 Å². The van der Waals surface area contributed by atoms with Crippen LogP contribution in [0.2, 0.25) is 0 Å². The van der Waals surface area contributed by atoms with Crippen LogP contribution in [0.3, 0.4) is 0 Å². The number of ether oxygens (including phenoxy) is 1. The molecule has 1 heterocycles. The van der Waals surface area contributed by atoms with Gasteiger partial charge in [-0.3, -0.25) is 9.59 Å². The van der Waals surface area contributed by atoms with Gasteiger partial charge >= 0.3 is 0 Å². The second kappa shape index (κ2) is 5.53. The zero-order valence-electron chi connectivity index (χ0n) is 10.3. The molecule has 1 aromatic carbocycles. The first kappa shape index (κ1) is 12.4. The zero-order valence-corrected chi connectivity index (χ0v) is 10.3. The van der Waals surface area contributed by atoms with Crippen LogP contribution >= 0.6 is 0 Å². The maximum atomic E-state index is 11.2. The van der Waals surface area contributed by atoms with Gasteiger partial charge in [0.15, 0.2) is 0 Å². The Hall–Kier alpha value is -2.04. The van der Waals surface area contributed by atoms with Crippen molar-refractivity contribution in [2.45, 2.75) is 0 Å². The lowest BCUT2D eigenvalue weighted by atomic mass is 10.2. The molecule has 0 bridgehead atoms. The van der Waals surface area contributed by atoms with E-state index in [2.05, 4.69) is 4.90 Å². The summed E-state index contributed by atoms with van der Waals surface area (Å²) in [5, 5.41) is 0. The number of methoxy groups -OCH3 is 1. The van der Waals surface area contributed by atoms with Crippen LogP contribution in [0.15, 0.2) is 24.3 Å². The second-order valence-corrected chi connectivity index (χ2v) is 4.13. The molecule has 1 saturated heterocycles. The summed E-state index contributed by atoms with van der Waals surface area (Å²) in [6.07, 6.45) is 0.378. The molecular formula is C13H16N2O3. The molecule has 1 aliphatic heterocycles. The van der Waals surface area contributed by atoms with Gasteiger partial charge in [-0.05, 0) is 24.3 Å². The molecule has 0 radical (unpaired) electrons. The largest absolute Gasteiger partial charge is 0.497 e. The molecule has 0 aromatic heterocycles. The minimum atomic E-state index is -0.426. The fraction of sp³-hybridized carbons (Fsp3) is 0.385. The van der Waals surface area contributed by atoms with E-state index < -0.39 is 5.91 Å². The van der Waals surface area contributed by atoms with Gasteiger partial charge < -0.3 is 14.5 Å². The van der Waals surface area contributed by atoms with Crippen molar-refractivity contribution in [3.63, 3.8) is 0 Å². The van der Waals surface area contributed by atoms with E-state index >= 15 is 0 Å². The maximum Gasteiger partial charge on any atom is 0.286 e. The molecule has 5 heteroatoms. The van der Waals surface area contributed by atoms with Crippen LogP contribution in [0.4, 0.5) is 5.69 Å². The number of nitrogens with zero attached hydrogens (tertiary/aromatic N) is 2. The number of carbonyl (C=O) groups is 2. The summed E-state index contributed by atoms with van der Waals surface area (Å²) in [6, 6.07) is 7.82. The molecule has 18 heavy (non-hydrogen) atoms. The van der Waals surface area contributed by atoms with E-state index in [0.717, 1.165) is 24.5 Å². The van der Waals surface area contributed by atoms with Crippen molar-refractivity contribution in [1.29, 1.82) is 0 Å². The average molecular weight is 248 g/mol. The number of anilines is 1. The van der Waals surface area contributed by atoms with Gasteiger partial charge in [-0.15, -0.1) is 0 Å². The van der Waals surface area contributed by atoms with Crippen LogP contribution in [0.5, 0.6) is 5.75 Å². The smallest absolute Gasteiger partial charge is 0.286 e. The second-order valence-electron chi connectivity index (χ2n) is 4.13. The highest BCUT2D eigenvalue weighted by atomic mass is 16.5. The summed E-state index contributed by atoms with van der Waals surface area (Å²) in [7, 11) is 1.64. The minimum absolute atomic E-state index is 0.378. The summed E-state index contributed by atoms with van der Waals surface area (Å²) in [4.78, 5) is 25.4. The number of piperazine rings is 1. The van der Waals surface area contributed by atoms with Gasteiger partial charge in [0, 0.05) is 31.9 Å². The summed E-state index contributed by atoms with van der Waals surface area (Å²) >= 11 is 0. The van der Waals surface area contributed by atoms with E-state index in [-0.39, 0.29) is 0 Å². The maximum absolute atomic E-state index is 11.2. The Morgan fingerprint density at radius 3 is 2.28 bits per heavy atom. The van der Waals surface area contributed by atoms with Crippen molar-refractivity contribution in [2.75, 3.05) is 38.2 Å². The monoisotopic (exact) mass is 248 g/mol. The van der Waals surface area contributed by atoms with Crippen LogP contribution in [0.1, 0.15) is 0 Å². The van der Waals surface area contributed by atoms with Crippen LogP contribution in [-0.4, -0.2) is 50.4 Å².